The number of amides is 1. The van der Waals surface area contributed by atoms with Crippen molar-refractivity contribution in [1.29, 1.82) is 0 Å². The van der Waals surface area contributed by atoms with Crippen molar-refractivity contribution in [2.24, 2.45) is 0 Å². The van der Waals surface area contributed by atoms with Crippen LogP contribution in [0.2, 0.25) is 0 Å². The molecular formula is C28H31NO4. The number of benzene rings is 2. The van der Waals surface area contributed by atoms with Crippen molar-refractivity contribution in [3.63, 3.8) is 0 Å². The molecule has 2 unspecified atom stereocenters. The molecule has 2 aromatic rings. The Morgan fingerprint density at radius 1 is 1.06 bits per heavy atom. The largest absolute Gasteiger partial charge is 0.507 e. The fraction of sp³-hybridized carbons (Fsp3) is 0.429. The fourth-order valence-corrected chi connectivity index (χ4v) is 5.57. The third-order valence-corrected chi connectivity index (χ3v) is 7.32. The van der Waals surface area contributed by atoms with Crippen molar-refractivity contribution >= 4 is 17.4 Å². The Hall–Kier alpha value is -3.08. The quantitative estimate of drug-likeness (QED) is 0.393. The lowest BCUT2D eigenvalue weighted by atomic mass is 9.90. The molecule has 1 amide bonds. The van der Waals surface area contributed by atoms with Crippen LogP contribution < -0.4 is 4.74 Å². The number of aryl methyl sites for hydroxylation is 1. The second kappa shape index (κ2) is 8.69. The highest BCUT2D eigenvalue weighted by Gasteiger charge is 2.48. The van der Waals surface area contributed by atoms with Crippen LogP contribution in [0.4, 0.5) is 0 Å². The third-order valence-electron chi connectivity index (χ3n) is 7.32. The van der Waals surface area contributed by atoms with Crippen LogP contribution in [0.25, 0.3) is 5.76 Å². The Kier molecular flexibility index (Phi) is 5.73. The van der Waals surface area contributed by atoms with Crippen LogP contribution in [-0.2, 0) is 22.4 Å². The first-order valence-electron chi connectivity index (χ1n) is 12.2. The Morgan fingerprint density at radius 2 is 1.79 bits per heavy atom. The van der Waals surface area contributed by atoms with Gasteiger partial charge < -0.3 is 14.7 Å². The number of likely N-dealkylation sites (tertiary alicyclic amines) is 1. The maximum atomic E-state index is 13.3. The molecule has 5 nitrogen and oxygen atoms in total. The normalized spacial score (nSPS) is 24.7. The van der Waals surface area contributed by atoms with Crippen molar-refractivity contribution in [2.45, 2.75) is 77.0 Å². The molecule has 5 rings (SSSR count). The predicted molar refractivity (Wildman–Crippen MR) is 127 cm³/mol. The van der Waals surface area contributed by atoms with Crippen LogP contribution >= 0.6 is 0 Å². The smallest absolute Gasteiger partial charge is 0.295 e. The molecule has 172 valence electrons. The number of hydrogen-bond donors (Lipinski definition) is 1. The predicted octanol–water partition coefficient (Wildman–Crippen LogP) is 5.33. The zero-order valence-electron chi connectivity index (χ0n) is 19.3. The first-order valence-corrected chi connectivity index (χ1v) is 12.2. The molecule has 3 aliphatic rings. The average Bonchev–Trinajstić information content (AvgIpc) is 3.34. The number of hydrogen-bond acceptors (Lipinski definition) is 4. The van der Waals surface area contributed by atoms with Gasteiger partial charge in [-0.1, -0.05) is 50.5 Å². The first kappa shape index (κ1) is 21.7. The van der Waals surface area contributed by atoms with Crippen LogP contribution in [-0.4, -0.2) is 33.8 Å². The molecule has 2 aliphatic heterocycles. The minimum absolute atomic E-state index is 0.0191. The van der Waals surface area contributed by atoms with E-state index in [1.165, 1.54) is 5.56 Å². The molecule has 0 bridgehead atoms. The van der Waals surface area contributed by atoms with E-state index in [0.29, 0.717) is 5.56 Å². The van der Waals surface area contributed by atoms with Crippen molar-refractivity contribution in [1.82, 2.24) is 4.90 Å². The monoisotopic (exact) mass is 445 g/mol. The third kappa shape index (κ3) is 3.84. The summed E-state index contributed by atoms with van der Waals surface area (Å²) in [6.07, 6.45) is 6.82. The minimum Gasteiger partial charge on any atom is -0.507 e. The summed E-state index contributed by atoms with van der Waals surface area (Å²) in [5.41, 5.74) is 3.83. The molecule has 0 aromatic heterocycles. The van der Waals surface area contributed by atoms with Gasteiger partial charge in [0.05, 0.1) is 11.6 Å². The first-order chi connectivity index (χ1) is 16.0. The maximum Gasteiger partial charge on any atom is 0.295 e. The topological polar surface area (TPSA) is 66.8 Å². The van der Waals surface area contributed by atoms with Gasteiger partial charge in [-0.15, -0.1) is 0 Å². The Labute approximate surface area is 195 Å². The molecule has 1 N–H and O–H groups in total. The molecule has 2 heterocycles. The summed E-state index contributed by atoms with van der Waals surface area (Å²) in [6.45, 7) is 4.11. The molecule has 1 saturated carbocycles. The summed E-state index contributed by atoms with van der Waals surface area (Å²) >= 11 is 0. The lowest BCUT2D eigenvalue weighted by molar-refractivity contribution is -0.141. The van der Waals surface area contributed by atoms with Gasteiger partial charge in [-0.3, -0.25) is 9.59 Å². The Morgan fingerprint density at radius 3 is 2.48 bits per heavy atom. The number of nitrogens with zero attached hydrogens (tertiary/aromatic N) is 1. The van der Waals surface area contributed by atoms with E-state index >= 15 is 0 Å². The van der Waals surface area contributed by atoms with Gasteiger partial charge in [0.1, 0.15) is 17.6 Å². The number of ether oxygens (including phenoxy) is 1. The van der Waals surface area contributed by atoms with E-state index in [1.807, 2.05) is 43.3 Å². The van der Waals surface area contributed by atoms with Gasteiger partial charge in [0, 0.05) is 18.0 Å². The number of rotatable bonds is 4. The summed E-state index contributed by atoms with van der Waals surface area (Å²) in [4.78, 5) is 28.4. The molecule has 33 heavy (non-hydrogen) atoms. The second-order valence-electron chi connectivity index (χ2n) is 9.55. The van der Waals surface area contributed by atoms with Crippen LogP contribution in [0.1, 0.15) is 74.2 Å². The van der Waals surface area contributed by atoms with Crippen molar-refractivity contribution < 1.29 is 19.4 Å². The number of carbonyl (C=O) groups excluding carboxylic acids is 2. The minimum atomic E-state index is -0.590. The highest BCUT2D eigenvalue weighted by molar-refractivity contribution is 6.46. The number of ketones is 1. The van der Waals surface area contributed by atoms with Gasteiger partial charge >= 0.3 is 0 Å². The van der Waals surface area contributed by atoms with Crippen LogP contribution in [0, 0.1) is 0 Å². The molecule has 0 radical (unpaired) electrons. The molecule has 0 spiro atoms. The number of aliphatic hydroxyl groups is 1. The lowest BCUT2D eigenvalue weighted by Gasteiger charge is -2.35. The van der Waals surface area contributed by atoms with Crippen LogP contribution in [0.15, 0.2) is 48.0 Å². The summed E-state index contributed by atoms with van der Waals surface area (Å²) in [6, 6.07) is 13.0. The van der Waals surface area contributed by atoms with E-state index in [9.17, 15) is 14.7 Å². The summed E-state index contributed by atoms with van der Waals surface area (Å²) in [5, 5.41) is 11.4. The lowest BCUT2D eigenvalue weighted by Crippen LogP contribution is -2.40. The van der Waals surface area contributed by atoms with Gasteiger partial charge in [-0.2, -0.15) is 0 Å². The van der Waals surface area contributed by atoms with Crippen molar-refractivity contribution in [3.8, 4) is 5.75 Å². The van der Waals surface area contributed by atoms with E-state index in [4.69, 9.17) is 4.74 Å². The summed E-state index contributed by atoms with van der Waals surface area (Å²) < 4.78 is 5.79. The molecule has 2 aromatic carbocycles. The standard InChI is InChI=1S/C28H31NO4/c1-3-18-9-11-19(12-10-18)25-24(27(31)28(32)29(25)22-7-5-4-6-8-22)26(30)20-13-14-23-21(16-20)15-17(2)33-23/h9-14,16-17,22,25,30H,3-8,15H2,1-2H3/b26-24-. The highest BCUT2D eigenvalue weighted by Crippen LogP contribution is 2.43. The molecule has 5 heteroatoms. The van der Waals surface area contributed by atoms with Crippen molar-refractivity contribution in [3.05, 3.63) is 70.3 Å². The van der Waals surface area contributed by atoms with E-state index in [1.54, 1.807) is 11.0 Å². The number of aliphatic hydroxyl groups excluding tert-OH is 1. The summed E-state index contributed by atoms with van der Waals surface area (Å²) in [7, 11) is 0. The Balaban J connectivity index is 1.62. The maximum absolute atomic E-state index is 13.3. The highest BCUT2D eigenvalue weighted by atomic mass is 16.5. The van der Waals surface area contributed by atoms with Gasteiger partial charge in [0.25, 0.3) is 11.7 Å². The van der Waals surface area contributed by atoms with E-state index in [0.717, 1.165) is 61.8 Å². The number of carbonyl (C=O) groups is 2. The van der Waals surface area contributed by atoms with E-state index in [2.05, 4.69) is 6.92 Å². The van der Waals surface area contributed by atoms with Crippen LogP contribution in [0.3, 0.4) is 0 Å². The summed E-state index contributed by atoms with van der Waals surface area (Å²) in [5.74, 6) is -0.370. The number of Topliss-reactive ketones (excluding diaryl/α,β-unsaturated/α-hetero) is 1. The fourth-order valence-electron chi connectivity index (χ4n) is 5.57. The zero-order valence-corrected chi connectivity index (χ0v) is 19.3. The molecule has 1 saturated heterocycles. The van der Waals surface area contributed by atoms with Gasteiger partial charge in [-0.05, 0) is 61.1 Å². The molecular weight excluding hydrogens is 414 g/mol. The van der Waals surface area contributed by atoms with Crippen molar-refractivity contribution in [2.75, 3.05) is 0 Å². The van der Waals surface area contributed by atoms with Crippen LogP contribution in [0.5, 0.6) is 5.75 Å². The average molecular weight is 446 g/mol. The zero-order chi connectivity index (χ0) is 23.1. The van der Waals surface area contributed by atoms with Gasteiger partial charge in [0.15, 0.2) is 0 Å². The molecule has 2 fully saturated rings. The SMILES string of the molecule is CCc1ccc(C2/C(=C(/O)c3ccc4c(c3)CC(C)O4)C(=O)C(=O)N2C2CCCCC2)cc1. The molecule has 1 aliphatic carbocycles. The molecule has 2 atom stereocenters. The second-order valence-corrected chi connectivity index (χ2v) is 9.55. The van der Waals surface area contributed by atoms with Gasteiger partial charge in [-0.25, -0.2) is 0 Å². The van der Waals surface area contributed by atoms with E-state index < -0.39 is 17.7 Å². The van der Waals surface area contributed by atoms with Gasteiger partial charge in [0.2, 0.25) is 0 Å². The number of fused-ring (bicyclic) bond motifs is 1. The van der Waals surface area contributed by atoms with E-state index in [-0.39, 0.29) is 23.5 Å². The Bertz CT molecular complexity index is 1110.